The molecule has 1 aromatic heterocycles. The lowest BCUT2D eigenvalue weighted by molar-refractivity contribution is -0.701. The minimum atomic E-state index is -0.255. The van der Waals surface area contributed by atoms with E-state index in [-0.39, 0.29) is 5.97 Å². The van der Waals surface area contributed by atoms with Gasteiger partial charge in [0, 0.05) is 6.04 Å². The fourth-order valence-corrected chi connectivity index (χ4v) is 4.95. The molecule has 0 saturated heterocycles. The Bertz CT molecular complexity index is 815. The highest BCUT2D eigenvalue weighted by atomic mass is 16.5. The standard InChI is InChI=1S/C22H31N3O2/c1-24-15-25(17-11-7-4-8-12-17)21-19(24)14-13-18(22(26)27-2)20(21)23-16-9-5-3-6-10-16/h13-17H,3-12H2,1-2H3/p+1. The Morgan fingerprint density at radius 2 is 1.74 bits per heavy atom. The van der Waals surface area contributed by atoms with E-state index in [2.05, 4.69) is 33.9 Å². The molecule has 0 radical (unpaired) electrons. The number of hydrogen-bond donors (Lipinski definition) is 1. The van der Waals surface area contributed by atoms with Crippen molar-refractivity contribution < 1.29 is 14.1 Å². The number of carbonyl (C=O) groups excluding carboxylic acids is 1. The predicted octanol–water partition coefficient (Wildman–Crippen LogP) is 4.50. The number of hydrogen-bond acceptors (Lipinski definition) is 3. The SMILES string of the molecule is COC(=O)c1ccc2c(c1NC1CCCCC1)[n+](C1CCCCC1)cn2C. The number of methoxy groups -OCH3 is 1. The summed E-state index contributed by atoms with van der Waals surface area (Å²) in [6.45, 7) is 0. The molecule has 5 nitrogen and oxygen atoms in total. The first kappa shape index (κ1) is 18.3. The molecule has 0 bridgehead atoms. The van der Waals surface area contributed by atoms with Gasteiger partial charge in [0.2, 0.25) is 6.33 Å². The van der Waals surface area contributed by atoms with Crippen molar-refractivity contribution in [3.05, 3.63) is 24.0 Å². The van der Waals surface area contributed by atoms with Crippen molar-refractivity contribution >= 4 is 22.7 Å². The summed E-state index contributed by atoms with van der Waals surface area (Å²) in [5, 5.41) is 3.77. The maximum Gasteiger partial charge on any atom is 0.340 e. The Morgan fingerprint density at radius 3 is 2.41 bits per heavy atom. The van der Waals surface area contributed by atoms with Gasteiger partial charge in [-0.1, -0.05) is 25.7 Å². The van der Waals surface area contributed by atoms with Crippen LogP contribution in [-0.2, 0) is 11.8 Å². The number of nitrogens with one attached hydrogen (secondary N) is 1. The molecule has 146 valence electrons. The largest absolute Gasteiger partial charge is 0.465 e. The van der Waals surface area contributed by atoms with E-state index < -0.39 is 0 Å². The van der Waals surface area contributed by atoms with Crippen LogP contribution >= 0.6 is 0 Å². The molecule has 0 atom stereocenters. The van der Waals surface area contributed by atoms with Crippen molar-refractivity contribution in [2.75, 3.05) is 12.4 Å². The molecule has 1 aromatic carbocycles. The van der Waals surface area contributed by atoms with E-state index >= 15 is 0 Å². The van der Waals surface area contributed by atoms with Gasteiger partial charge in [0.05, 0.1) is 19.7 Å². The zero-order chi connectivity index (χ0) is 18.8. The summed E-state index contributed by atoms with van der Waals surface area (Å²) < 4.78 is 9.73. The summed E-state index contributed by atoms with van der Waals surface area (Å²) in [6, 6.07) is 4.94. The molecule has 0 amide bonds. The number of fused-ring (bicyclic) bond motifs is 1. The third-order valence-corrected chi connectivity index (χ3v) is 6.42. The van der Waals surface area contributed by atoms with E-state index in [1.165, 1.54) is 76.8 Å². The van der Waals surface area contributed by atoms with Crippen molar-refractivity contribution in [1.82, 2.24) is 4.57 Å². The Balaban J connectivity index is 1.84. The number of ether oxygens (including phenoxy) is 1. The monoisotopic (exact) mass is 370 g/mol. The van der Waals surface area contributed by atoms with E-state index in [1.54, 1.807) is 0 Å². The summed E-state index contributed by atoms with van der Waals surface area (Å²) >= 11 is 0. The second-order valence-electron chi connectivity index (χ2n) is 8.25. The lowest BCUT2D eigenvalue weighted by Crippen LogP contribution is -2.40. The first-order valence-electron chi connectivity index (χ1n) is 10.6. The van der Waals surface area contributed by atoms with Crippen LogP contribution in [0.2, 0.25) is 0 Å². The molecular formula is C22H32N3O2+. The van der Waals surface area contributed by atoms with Crippen molar-refractivity contribution in [2.24, 2.45) is 7.05 Å². The van der Waals surface area contributed by atoms with Crippen molar-refractivity contribution in [3.8, 4) is 0 Å². The molecule has 0 unspecified atom stereocenters. The van der Waals surface area contributed by atoms with E-state index in [1.807, 2.05) is 6.07 Å². The Morgan fingerprint density at radius 1 is 1.07 bits per heavy atom. The topological polar surface area (TPSA) is 47.1 Å². The molecule has 0 aliphatic heterocycles. The number of carbonyl (C=O) groups is 1. The van der Waals surface area contributed by atoms with Crippen LogP contribution in [0.5, 0.6) is 0 Å². The van der Waals surface area contributed by atoms with Gasteiger partial charge in [0.25, 0.3) is 0 Å². The van der Waals surface area contributed by atoms with Gasteiger partial charge in [-0.2, -0.15) is 0 Å². The van der Waals surface area contributed by atoms with Crippen LogP contribution < -0.4 is 9.88 Å². The van der Waals surface area contributed by atoms with E-state index in [9.17, 15) is 4.79 Å². The van der Waals surface area contributed by atoms with Gasteiger partial charge < -0.3 is 10.1 Å². The molecule has 4 rings (SSSR count). The van der Waals surface area contributed by atoms with Gasteiger partial charge in [0.15, 0.2) is 11.0 Å². The summed E-state index contributed by atoms with van der Waals surface area (Å²) in [6.07, 6.45) is 14.8. The van der Waals surface area contributed by atoms with Gasteiger partial charge in [-0.15, -0.1) is 0 Å². The van der Waals surface area contributed by atoms with Gasteiger partial charge in [-0.3, -0.25) is 0 Å². The van der Waals surface area contributed by atoms with Crippen LogP contribution in [0.3, 0.4) is 0 Å². The molecule has 1 N–H and O–H groups in total. The number of esters is 1. The molecule has 27 heavy (non-hydrogen) atoms. The lowest BCUT2D eigenvalue weighted by Gasteiger charge is -2.25. The average molecular weight is 371 g/mol. The molecule has 2 saturated carbocycles. The van der Waals surface area contributed by atoms with Crippen LogP contribution in [0, 0.1) is 0 Å². The Labute approximate surface area is 161 Å². The molecule has 2 aromatic rings. The third-order valence-electron chi connectivity index (χ3n) is 6.42. The third kappa shape index (κ3) is 3.56. The summed E-state index contributed by atoms with van der Waals surface area (Å²) in [4.78, 5) is 12.5. The molecular weight excluding hydrogens is 338 g/mol. The van der Waals surface area contributed by atoms with Crippen LogP contribution in [0.25, 0.3) is 11.0 Å². The Kier molecular flexibility index (Phi) is 5.37. The minimum absolute atomic E-state index is 0.255. The summed E-state index contributed by atoms with van der Waals surface area (Å²) in [7, 11) is 3.57. The van der Waals surface area contributed by atoms with Crippen LogP contribution in [0.4, 0.5) is 5.69 Å². The molecule has 2 fully saturated rings. The maximum atomic E-state index is 12.5. The van der Waals surface area contributed by atoms with Gasteiger partial charge >= 0.3 is 5.97 Å². The first-order chi connectivity index (χ1) is 13.2. The normalized spacial score (nSPS) is 19.3. The van der Waals surface area contributed by atoms with Gasteiger partial charge in [-0.05, 0) is 50.7 Å². The summed E-state index contributed by atoms with van der Waals surface area (Å²) in [5.41, 5.74) is 3.97. The van der Waals surface area contributed by atoms with E-state index in [4.69, 9.17) is 4.74 Å². The number of aromatic nitrogens is 2. The molecule has 5 heteroatoms. The molecule has 1 heterocycles. The first-order valence-corrected chi connectivity index (χ1v) is 10.6. The van der Waals surface area contributed by atoms with Crippen LogP contribution in [-0.4, -0.2) is 23.7 Å². The maximum absolute atomic E-state index is 12.5. The number of imidazole rings is 1. The quantitative estimate of drug-likeness (QED) is 0.637. The number of benzene rings is 1. The van der Waals surface area contributed by atoms with Crippen molar-refractivity contribution in [1.29, 1.82) is 0 Å². The van der Waals surface area contributed by atoms with Gasteiger partial charge in [0.1, 0.15) is 11.7 Å². The number of nitrogens with zero attached hydrogens (tertiary/aromatic N) is 2. The van der Waals surface area contributed by atoms with Crippen molar-refractivity contribution in [3.63, 3.8) is 0 Å². The lowest BCUT2D eigenvalue weighted by atomic mass is 9.94. The highest BCUT2D eigenvalue weighted by Crippen LogP contribution is 2.32. The zero-order valence-electron chi connectivity index (χ0n) is 16.7. The van der Waals surface area contributed by atoms with E-state index in [0.717, 1.165) is 11.2 Å². The number of anilines is 1. The second-order valence-corrected chi connectivity index (χ2v) is 8.25. The zero-order valence-corrected chi connectivity index (χ0v) is 16.7. The smallest absolute Gasteiger partial charge is 0.340 e. The van der Waals surface area contributed by atoms with Crippen LogP contribution in [0.15, 0.2) is 18.5 Å². The number of rotatable bonds is 4. The van der Waals surface area contributed by atoms with Gasteiger partial charge in [-0.25, -0.2) is 13.9 Å². The Hall–Kier alpha value is -2.04. The second kappa shape index (κ2) is 7.91. The summed E-state index contributed by atoms with van der Waals surface area (Å²) in [5.74, 6) is -0.255. The van der Waals surface area contributed by atoms with Crippen LogP contribution in [0.1, 0.15) is 80.6 Å². The average Bonchev–Trinajstić information content (AvgIpc) is 3.06. The predicted molar refractivity (Wildman–Crippen MR) is 107 cm³/mol. The fourth-order valence-electron chi connectivity index (χ4n) is 4.95. The van der Waals surface area contributed by atoms with E-state index in [0.29, 0.717) is 17.6 Å². The molecule has 2 aliphatic rings. The molecule has 0 spiro atoms. The van der Waals surface area contributed by atoms with Crippen molar-refractivity contribution in [2.45, 2.75) is 76.3 Å². The highest BCUT2D eigenvalue weighted by molar-refractivity contribution is 6.03. The highest BCUT2D eigenvalue weighted by Gasteiger charge is 2.30. The molecule has 2 aliphatic carbocycles. The number of aryl methyl sites for hydroxylation is 1. The fraction of sp³-hybridized carbons (Fsp3) is 0.636. The minimum Gasteiger partial charge on any atom is -0.465 e.